The standard InChI is InChI=1S/C11H14O4/c1-3-7-6(2)10(14)8(4-12)9(5-13)11(7)15/h3,12-15H,1,4-5H2,2H3. The fourth-order valence-electron chi connectivity index (χ4n) is 1.57. The van der Waals surface area contributed by atoms with Gasteiger partial charge in [0.1, 0.15) is 11.5 Å². The van der Waals surface area contributed by atoms with Crippen LogP contribution in [0, 0.1) is 6.92 Å². The first-order valence-electron chi connectivity index (χ1n) is 4.48. The molecule has 0 bridgehead atoms. The van der Waals surface area contributed by atoms with Crippen molar-refractivity contribution in [1.82, 2.24) is 0 Å². The zero-order valence-corrected chi connectivity index (χ0v) is 8.49. The molecule has 0 amide bonds. The Morgan fingerprint density at radius 3 is 1.93 bits per heavy atom. The van der Waals surface area contributed by atoms with Gasteiger partial charge >= 0.3 is 0 Å². The van der Waals surface area contributed by atoms with E-state index in [2.05, 4.69) is 6.58 Å². The lowest BCUT2D eigenvalue weighted by Crippen LogP contribution is -1.99. The van der Waals surface area contributed by atoms with E-state index < -0.39 is 13.2 Å². The molecule has 0 heterocycles. The number of benzene rings is 1. The highest BCUT2D eigenvalue weighted by Crippen LogP contribution is 2.37. The summed E-state index contributed by atoms with van der Waals surface area (Å²) in [6, 6.07) is 0. The molecule has 0 aromatic heterocycles. The second-order valence-corrected chi connectivity index (χ2v) is 3.21. The molecule has 1 aromatic carbocycles. The lowest BCUT2D eigenvalue weighted by Gasteiger charge is -2.15. The summed E-state index contributed by atoms with van der Waals surface area (Å²) in [6.07, 6.45) is 1.39. The minimum atomic E-state index is -0.448. The van der Waals surface area contributed by atoms with Crippen molar-refractivity contribution in [2.75, 3.05) is 0 Å². The van der Waals surface area contributed by atoms with Crippen LogP contribution >= 0.6 is 0 Å². The summed E-state index contributed by atoms with van der Waals surface area (Å²) in [5.74, 6) is -0.263. The predicted octanol–water partition coefficient (Wildman–Crippen LogP) is 1.03. The lowest BCUT2D eigenvalue weighted by molar-refractivity contribution is 0.250. The number of phenols is 2. The third kappa shape index (κ3) is 1.69. The first-order valence-corrected chi connectivity index (χ1v) is 4.48. The van der Waals surface area contributed by atoms with Gasteiger partial charge in [0.2, 0.25) is 0 Å². The van der Waals surface area contributed by atoms with E-state index in [1.807, 2.05) is 0 Å². The molecular weight excluding hydrogens is 196 g/mol. The summed E-state index contributed by atoms with van der Waals surface area (Å²) in [5, 5.41) is 37.6. The van der Waals surface area contributed by atoms with Crippen molar-refractivity contribution >= 4 is 6.08 Å². The molecular formula is C11H14O4. The summed E-state index contributed by atoms with van der Waals surface area (Å²) in [7, 11) is 0. The first kappa shape index (κ1) is 11.6. The number of rotatable bonds is 3. The van der Waals surface area contributed by atoms with E-state index in [1.165, 1.54) is 6.08 Å². The van der Waals surface area contributed by atoms with Gasteiger partial charge < -0.3 is 20.4 Å². The molecule has 0 unspecified atom stereocenters. The molecule has 0 aliphatic heterocycles. The van der Waals surface area contributed by atoms with Crippen LogP contribution in [0.1, 0.15) is 22.3 Å². The predicted molar refractivity (Wildman–Crippen MR) is 56.4 cm³/mol. The highest BCUT2D eigenvalue weighted by atomic mass is 16.3. The topological polar surface area (TPSA) is 80.9 Å². The summed E-state index contributed by atoms with van der Waals surface area (Å²) in [4.78, 5) is 0. The van der Waals surface area contributed by atoms with Gasteiger partial charge in [-0.25, -0.2) is 0 Å². The second kappa shape index (κ2) is 4.33. The molecule has 0 spiro atoms. The van der Waals surface area contributed by atoms with Crippen LogP contribution in [0.25, 0.3) is 6.08 Å². The van der Waals surface area contributed by atoms with Crippen LogP contribution in [0.3, 0.4) is 0 Å². The van der Waals surface area contributed by atoms with Gasteiger partial charge in [0, 0.05) is 22.3 Å². The Morgan fingerprint density at radius 2 is 1.53 bits per heavy atom. The Kier molecular flexibility index (Phi) is 3.34. The van der Waals surface area contributed by atoms with Crippen molar-refractivity contribution in [3.63, 3.8) is 0 Å². The van der Waals surface area contributed by atoms with Gasteiger partial charge in [0.15, 0.2) is 0 Å². The van der Waals surface area contributed by atoms with Gasteiger partial charge in [-0.15, -0.1) is 0 Å². The fourth-order valence-corrected chi connectivity index (χ4v) is 1.57. The Bertz CT molecular complexity index is 396. The maximum Gasteiger partial charge on any atom is 0.129 e. The highest BCUT2D eigenvalue weighted by Gasteiger charge is 2.18. The van der Waals surface area contributed by atoms with Crippen molar-refractivity contribution in [3.05, 3.63) is 28.8 Å². The molecule has 4 nitrogen and oxygen atoms in total. The van der Waals surface area contributed by atoms with E-state index in [4.69, 9.17) is 10.2 Å². The molecule has 0 saturated carbocycles. The van der Waals surface area contributed by atoms with E-state index in [9.17, 15) is 10.2 Å². The number of hydrogen-bond donors (Lipinski definition) is 4. The third-order valence-corrected chi connectivity index (χ3v) is 2.47. The van der Waals surface area contributed by atoms with Gasteiger partial charge in [-0.3, -0.25) is 0 Å². The Hall–Kier alpha value is -1.52. The molecule has 15 heavy (non-hydrogen) atoms. The SMILES string of the molecule is C=Cc1c(C)c(O)c(CO)c(CO)c1O. The molecule has 0 aliphatic carbocycles. The van der Waals surface area contributed by atoms with Gasteiger partial charge in [-0.2, -0.15) is 0 Å². The average Bonchev–Trinajstić information content (AvgIpc) is 2.23. The van der Waals surface area contributed by atoms with Crippen LogP contribution in [0.4, 0.5) is 0 Å². The van der Waals surface area contributed by atoms with Crippen LogP contribution in [0.5, 0.6) is 11.5 Å². The van der Waals surface area contributed by atoms with Gasteiger partial charge in [0.25, 0.3) is 0 Å². The van der Waals surface area contributed by atoms with Crippen molar-refractivity contribution in [2.45, 2.75) is 20.1 Å². The van der Waals surface area contributed by atoms with Crippen molar-refractivity contribution in [2.24, 2.45) is 0 Å². The lowest BCUT2D eigenvalue weighted by atomic mass is 9.96. The van der Waals surface area contributed by atoms with Crippen molar-refractivity contribution < 1.29 is 20.4 Å². The monoisotopic (exact) mass is 210 g/mol. The minimum absolute atomic E-state index is 0.116. The molecule has 0 saturated heterocycles. The molecule has 1 aromatic rings. The summed E-state index contributed by atoms with van der Waals surface area (Å²) in [6.45, 7) is 4.23. The van der Waals surface area contributed by atoms with E-state index in [1.54, 1.807) is 6.92 Å². The largest absolute Gasteiger partial charge is 0.507 e. The average molecular weight is 210 g/mol. The molecule has 4 N–H and O–H groups in total. The normalized spacial score (nSPS) is 10.3. The number of aromatic hydroxyl groups is 2. The molecule has 0 atom stereocenters. The molecule has 4 heteroatoms. The van der Waals surface area contributed by atoms with Crippen LogP contribution in [-0.2, 0) is 13.2 Å². The zero-order chi connectivity index (χ0) is 11.6. The highest BCUT2D eigenvalue weighted by molar-refractivity contribution is 5.68. The third-order valence-electron chi connectivity index (χ3n) is 2.47. The summed E-state index contributed by atoms with van der Waals surface area (Å²) >= 11 is 0. The number of hydrogen-bond acceptors (Lipinski definition) is 4. The maximum absolute atomic E-state index is 9.75. The van der Waals surface area contributed by atoms with E-state index in [0.717, 1.165) is 0 Å². The zero-order valence-electron chi connectivity index (χ0n) is 8.49. The second-order valence-electron chi connectivity index (χ2n) is 3.21. The van der Waals surface area contributed by atoms with Crippen molar-refractivity contribution in [1.29, 1.82) is 0 Å². The van der Waals surface area contributed by atoms with E-state index in [-0.39, 0.29) is 22.6 Å². The minimum Gasteiger partial charge on any atom is -0.507 e. The van der Waals surface area contributed by atoms with Crippen LogP contribution in [0.15, 0.2) is 6.58 Å². The van der Waals surface area contributed by atoms with E-state index in [0.29, 0.717) is 11.1 Å². The summed E-state index contributed by atoms with van der Waals surface area (Å²) in [5.41, 5.74) is 1.09. The molecule has 1 rings (SSSR count). The fraction of sp³-hybridized carbons (Fsp3) is 0.273. The maximum atomic E-state index is 9.75. The van der Waals surface area contributed by atoms with Crippen LogP contribution in [-0.4, -0.2) is 20.4 Å². The Morgan fingerprint density at radius 1 is 1.07 bits per heavy atom. The van der Waals surface area contributed by atoms with E-state index >= 15 is 0 Å². The number of aliphatic hydroxyl groups excluding tert-OH is 2. The molecule has 82 valence electrons. The number of aliphatic hydroxyl groups is 2. The Labute approximate surface area is 87.7 Å². The van der Waals surface area contributed by atoms with Gasteiger partial charge in [-0.1, -0.05) is 12.7 Å². The summed E-state index contributed by atoms with van der Waals surface area (Å²) < 4.78 is 0. The molecule has 0 radical (unpaired) electrons. The molecule has 0 aliphatic rings. The van der Waals surface area contributed by atoms with Gasteiger partial charge in [0.05, 0.1) is 13.2 Å². The van der Waals surface area contributed by atoms with Crippen molar-refractivity contribution in [3.8, 4) is 11.5 Å². The quantitative estimate of drug-likeness (QED) is 0.562. The first-order chi connectivity index (χ1) is 7.08. The molecule has 0 fully saturated rings. The smallest absolute Gasteiger partial charge is 0.129 e. The Balaban J connectivity index is 3.64. The van der Waals surface area contributed by atoms with Gasteiger partial charge in [-0.05, 0) is 6.92 Å². The van der Waals surface area contributed by atoms with Crippen LogP contribution in [0.2, 0.25) is 0 Å². The van der Waals surface area contributed by atoms with Crippen LogP contribution < -0.4 is 0 Å².